The number of carbonyl (C=O) groups excluding carboxylic acids is 2. The second-order valence-corrected chi connectivity index (χ2v) is 7.52. The molecule has 0 aliphatic rings. The largest absolute Gasteiger partial charge is 0.493 e. The number of amides is 2. The Morgan fingerprint density at radius 2 is 1.58 bits per heavy atom. The number of para-hydroxylation sites is 1. The Hall–Kier alpha value is -3.87. The van der Waals surface area contributed by atoms with Gasteiger partial charge in [-0.25, -0.2) is 9.40 Å². The molecular weight excluding hydrogens is 423 g/mol. The number of nitrogens with zero attached hydrogens (tertiary/aromatic N) is 1. The molecule has 0 heterocycles. The van der Waals surface area contributed by atoms with Crippen molar-refractivity contribution >= 4 is 11.8 Å². The molecular formula is C26H27FN2O4. The SMILES string of the molecule is CCOc1ccccc1-c1cc(F)ccc1OCC(=O)N(NC(=O)c1ccccc1)C(C)C. The summed E-state index contributed by atoms with van der Waals surface area (Å²) in [6.07, 6.45) is 0. The highest BCUT2D eigenvalue weighted by atomic mass is 19.1. The van der Waals surface area contributed by atoms with E-state index in [0.717, 1.165) is 0 Å². The molecule has 7 heteroatoms. The molecule has 33 heavy (non-hydrogen) atoms. The zero-order chi connectivity index (χ0) is 23.8. The van der Waals surface area contributed by atoms with Crippen LogP contribution in [-0.2, 0) is 4.79 Å². The van der Waals surface area contributed by atoms with Crippen LogP contribution in [0.25, 0.3) is 11.1 Å². The van der Waals surface area contributed by atoms with Crippen LogP contribution in [0.15, 0.2) is 72.8 Å². The molecule has 0 aliphatic carbocycles. The van der Waals surface area contributed by atoms with Gasteiger partial charge in [0.15, 0.2) is 6.61 Å². The normalized spacial score (nSPS) is 10.6. The van der Waals surface area contributed by atoms with Crippen LogP contribution in [0.4, 0.5) is 4.39 Å². The summed E-state index contributed by atoms with van der Waals surface area (Å²) in [4.78, 5) is 25.4. The van der Waals surface area contributed by atoms with Crippen molar-refractivity contribution in [2.24, 2.45) is 0 Å². The summed E-state index contributed by atoms with van der Waals surface area (Å²) in [6.45, 7) is 5.53. The summed E-state index contributed by atoms with van der Waals surface area (Å²) in [6, 6.07) is 19.6. The van der Waals surface area contributed by atoms with Crippen LogP contribution in [0.2, 0.25) is 0 Å². The number of benzene rings is 3. The lowest BCUT2D eigenvalue weighted by Gasteiger charge is -2.27. The van der Waals surface area contributed by atoms with Gasteiger partial charge in [-0.05, 0) is 57.2 Å². The summed E-state index contributed by atoms with van der Waals surface area (Å²) in [7, 11) is 0. The zero-order valence-corrected chi connectivity index (χ0v) is 18.9. The van der Waals surface area contributed by atoms with Crippen molar-refractivity contribution in [2.45, 2.75) is 26.8 Å². The average molecular weight is 451 g/mol. The number of nitrogens with one attached hydrogen (secondary N) is 1. The van der Waals surface area contributed by atoms with Crippen LogP contribution >= 0.6 is 0 Å². The maximum atomic E-state index is 14.1. The third kappa shape index (κ3) is 6.10. The number of ether oxygens (including phenoxy) is 2. The summed E-state index contributed by atoms with van der Waals surface area (Å²) in [5.41, 5.74) is 4.19. The quantitative estimate of drug-likeness (QED) is 0.498. The molecule has 0 saturated carbocycles. The van der Waals surface area contributed by atoms with Crippen LogP contribution in [-0.4, -0.2) is 36.1 Å². The Labute approximate surface area is 192 Å². The lowest BCUT2D eigenvalue weighted by atomic mass is 10.0. The molecule has 1 N–H and O–H groups in total. The van der Waals surface area contributed by atoms with Crippen molar-refractivity contribution < 1.29 is 23.5 Å². The molecule has 172 valence electrons. The van der Waals surface area contributed by atoms with Crippen molar-refractivity contribution in [3.8, 4) is 22.6 Å². The highest BCUT2D eigenvalue weighted by Gasteiger charge is 2.22. The summed E-state index contributed by atoms with van der Waals surface area (Å²) in [5.74, 6) is -0.363. The maximum absolute atomic E-state index is 14.1. The average Bonchev–Trinajstić information content (AvgIpc) is 2.82. The van der Waals surface area contributed by atoms with Crippen LogP contribution in [0.5, 0.6) is 11.5 Å². The molecule has 2 amide bonds. The smallest absolute Gasteiger partial charge is 0.279 e. The van der Waals surface area contributed by atoms with Crippen molar-refractivity contribution in [1.82, 2.24) is 10.4 Å². The molecule has 0 bridgehead atoms. The van der Waals surface area contributed by atoms with E-state index >= 15 is 0 Å². The molecule has 0 atom stereocenters. The molecule has 3 aromatic carbocycles. The van der Waals surface area contributed by atoms with E-state index in [1.54, 1.807) is 56.3 Å². The number of carbonyl (C=O) groups is 2. The first-order valence-electron chi connectivity index (χ1n) is 10.7. The number of hydrazine groups is 1. The first-order valence-corrected chi connectivity index (χ1v) is 10.7. The lowest BCUT2D eigenvalue weighted by Crippen LogP contribution is -2.51. The van der Waals surface area contributed by atoms with E-state index in [9.17, 15) is 14.0 Å². The van der Waals surface area contributed by atoms with Gasteiger partial charge in [-0.1, -0.05) is 36.4 Å². The Morgan fingerprint density at radius 3 is 2.27 bits per heavy atom. The van der Waals surface area contributed by atoms with Gasteiger partial charge in [0.2, 0.25) is 0 Å². The number of hydrogen-bond acceptors (Lipinski definition) is 4. The minimum Gasteiger partial charge on any atom is -0.493 e. The summed E-state index contributed by atoms with van der Waals surface area (Å²) >= 11 is 0. The van der Waals surface area contributed by atoms with Gasteiger partial charge in [-0.2, -0.15) is 0 Å². The van der Waals surface area contributed by atoms with E-state index in [1.165, 1.54) is 23.2 Å². The van der Waals surface area contributed by atoms with Gasteiger partial charge in [-0.3, -0.25) is 15.0 Å². The first kappa shape index (κ1) is 23.8. The van der Waals surface area contributed by atoms with Crippen LogP contribution in [0.1, 0.15) is 31.1 Å². The predicted octanol–water partition coefficient (Wildman–Crippen LogP) is 4.85. The molecule has 0 fully saturated rings. The van der Waals surface area contributed by atoms with Gasteiger partial charge in [-0.15, -0.1) is 0 Å². The fourth-order valence-electron chi connectivity index (χ4n) is 3.26. The topological polar surface area (TPSA) is 67.9 Å². The van der Waals surface area contributed by atoms with E-state index in [0.29, 0.717) is 34.8 Å². The molecule has 0 saturated heterocycles. The van der Waals surface area contributed by atoms with Gasteiger partial charge in [0.25, 0.3) is 11.8 Å². The fourth-order valence-corrected chi connectivity index (χ4v) is 3.26. The van der Waals surface area contributed by atoms with Gasteiger partial charge in [0, 0.05) is 22.7 Å². The Bertz CT molecular complexity index is 1100. The van der Waals surface area contributed by atoms with Gasteiger partial charge in [0.1, 0.15) is 17.3 Å². The molecule has 3 aromatic rings. The second-order valence-electron chi connectivity index (χ2n) is 7.52. The van der Waals surface area contributed by atoms with E-state index in [4.69, 9.17) is 9.47 Å². The van der Waals surface area contributed by atoms with Gasteiger partial charge < -0.3 is 9.47 Å². The molecule has 6 nitrogen and oxygen atoms in total. The van der Waals surface area contributed by atoms with Crippen molar-refractivity contribution in [1.29, 1.82) is 0 Å². The zero-order valence-electron chi connectivity index (χ0n) is 18.9. The maximum Gasteiger partial charge on any atom is 0.279 e. The third-order valence-electron chi connectivity index (χ3n) is 4.81. The van der Waals surface area contributed by atoms with E-state index < -0.39 is 17.6 Å². The minimum atomic E-state index is -0.442. The lowest BCUT2D eigenvalue weighted by molar-refractivity contribution is -0.137. The van der Waals surface area contributed by atoms with E-state index in [1.807, 2.05) is 19.1 Å². The van der Waals surface area contributed by atoms with Crippen molar-refractivity contribution in [2.75, 3.05) is 13.2 Å². The Balaban J connectivity index is 1.78. The Morgan fingerprint density at radius 1 is 0.909 bits per heavy atom. The highest BCUT2D eigenvalue weighted by Crippen LogP contribution is 2.37. The van der Waals surface area contributed by atoms with Crippen LogP contribution < -0.4 is 14.9 Å². The first-order chi connectivity index (χ1) is 15.9. The molecule has 0 unspecified atom stereocenters. The molecule has 0 spiro atoms. The van der Waals surface area contributed by atoms with Crippen LogP contribution in [0, 0.1) is 5.82 Å². The third-order valence-corrected chi connectivity index (χ3v) is 4.81. The second kappa shape index (κ2) is 11.1. The number of halogens is 1. The Kier molecular flexibility index (Phi) is 8.02. The van der Waals surface area contributed by atoms with Crippen LogP contribution in [0.3, 0.4) is 0 Å². The van der Waals surface area contributed by atoms with Gasteiger partial charge in [0.05, 0.1) is 6.61 Å². The molecule has 0 aromatic heterocycles. The summed E-state index contributed by atoms with van der Waals surface area (Å²) in [5, 5.41) is 1.23. The fraction of sp³-hybridized carbons (Fsp3) is 0.231. The summed E-state index contributed by atoms with van der Waals surface area (Å²) < 4.78 is 25.5. The van der Waals surface area contributed by atoms with E-state index in [-0.39, 0.29) is 12.6 Å². The molecule has 3 rings (SSSR count). The number of hydrogen-bond donors (Lipinski definition) is 1. The highest BCUT2D eigenvalue weighted by molar-refractivity contribution is 5.95. The standard InChI is InChI=1S/C26H27FN2O4/c1-4-32-23-13-9-8-12-21(23)22-16-20(27)14-15-24(22)33-17-25(30)29(18(2)3)28-26(31)19-10-6-5-7-11-19/h5-16,18H,4,17H2,1-3H3,(H,28,31). The molecule has 0 radical (unpaired) electrons. The van der Waals surface area contributed by atoms with Crippen molar-refractivity contribution in [3.63, 3.8) is 0 Å². The van der Waals surface area contributed by atoms with Crippen molar-refractivity contribution in [3.05, 3.63) is 84.2 Å². The monoisotopic (exact) mass is 450 g/mol. The number of rotatable bonds is 8. The minimum absolute atomic E-state index is 0.305. The van der Waals surface area contributed by atoms with Gasteiger partial charge >= 0.3 is 0 Å². The van der Waals surface area contributed by atoms with E-state index in [2.05, 4.69) is 5.43 Å². The predicted molar refractivity (Wildman–Crippen MR) is 124 cm³/mol. The molecule has 0 aliphatic heterocycles.